The fraction of sp³-hybridized carbons (Fsp3) is 0.833. The molecule has 1 N–H and O–H groups in total. The van der Waals surface area contributed by atoms with Crippen LogP contribution in [-0.2, 0) is 9.53 Å². The van der Waals surface area contributed by atoms with E-state index in [2.05, 4.69) is 19.7 Å². The fourth-order valence-corrected chi connectivity index (χ4v) is 7.18. The Balaban J connectivity index is 0. The van der Waals surface area contributed by atoms with Crippen molar-refractivity contribution in [3.63, 3.8) is 0 Å². The zero-order chi connectivity index (χ0) is 32.8. The fourth-order valence-electron chi connectivity index (χ4n) is 7.18. The van der Waals surface area contributed by atoms with Crippen molar-refractivity contribution in [2.75, 3.05) is 0 Å². The van der Waals surface area contributed by atoms with Crippen molar-refractivity contribution in [1.82, 2.24) is 0 Å². The van der Waals surface area contributed by atoms with Gasteiger partial charge in [-0.15, -0.1) is 6.58 Å². The minimum Gasteiger partial charge on any atom is -1.00 e. The third kappa shape index (κ3) is 27.3. The molecule has 4 fully saturated rings. The number of fused-ring (bicyclic) bond motifs is 1. The van der Waals surface area contributed by atoms with Crippen LogP contribution in [0.25, 0.3) is 0 Å². The number of allylic oxidation sites excluding steroid dienone is 2. The first kappa shape index (κ1) is 49.0. The van der Waals surface area contributed by atoms with E-state index in [-0.39, 0.29) is 41.6 Å². The van der Waals surface area contributed by atoms with Gasteiger partial charge in [0.2, 0.25) is 0 Å². The molecule has 4 atom stereocenters. The van der Waals surface area contributed by atoms with Gasteiger partial charge < -0.3 is 28.8 Å². The van der Waals surface area contributed by atoms with Crippen LogP contribution in [0.1, 0.15) is 200 Å². The van der Waals surface area contributed by atoms with Crippen LogP contribution in [0.15, 0.2) is 30.9 Å². The summed E-state index contributed by atoms with van der Waals surface area (Å²) in [5, 5.41) is 9.98. The molecule has 5 heteroatoms. The van der Waals surface area contributed by atoms with Gasteiger partial charge in [0.1, 0.15) is 0 Å². The number of aliphatic hydroxyl groups excluding tert-OH is 1. The molecule has 1 aliphatic heterocycles. The van der Waals surface area contributed by atoms with E-state index in [1.54, 1.807) is 0 Å². The van der Waals surface area contributed by atoms with Crippen molar-refractivity contribution >= 4 is 28.8 Å². The van der Waals surface area contributed by atoms with Gasteiger partial charge in [0.25, 0.3) is 0 Å². The maximum atomic E-state index is 11.8. The van der Waals surface area contributed by atoms with Crippen LogP contribution in [0.5, 0.6) is 0 Å². The van der Waals surface area contributed by atoms with Crippen LogP contribution in [0.3, 0.4) is 0 Å². The second-order valence-corrected chi connectivity index (χ2v) is 14.1. The van der Waals surface area contributed by atoms with Gasteiger partial charge >= 0.3 is 23.1 Å². The van der Waals surface area contributed by atoms with Gasteiger partial charge in [-0.3, -0.25) is 11.4 Å². The van der Waals surface area contributed by atoms with Gasteiger partial charge in [-0.1, -0.05) is 153 Å². The number of ether oxygens (including phenoxy) is 1. The van der Waals surface area contributed by atoms with Crippen LogP contribution in [0.2, 0.25) is 0 Å². The molecule has 4 aliphatic rings. The van der Waals surface area contributed by atoms with Gasteiger partial charge in [0, 0.05) is 12.3 Å². The maximum Gasteiger partial charge on any atom is 2.00 e. The number of ketones is 1. The molecule has 0 aromatic carbocycles. The molecule has 0 aromatic rings. The summed E-state index contributed by atoms with van der Waals surface area (Å²) in [6.45, 7) is 12.8. The zero-order valence-corrected chi connectivity index (χ0v) is 33.2. The van der Waals surface area contributed by atoms with Crippen LogP contribution < -0.4 is 12.4 Å². The molecule has 0 radical (unpaired) electrons. The first-order valence-corrected chi connectivity index (χ1v) is 19.7. The Morgan fingerprint density at radius 2 is 0.936 bits per heavy atom. The van der Waals surface area contributed by atoms with E-state index in [0.717, 1.165) is 37.7 Å². The van der Waals surface area contributed by atoms with Crippen LogP contribution in [0.4, 0.5) is 0 Å². The number of hydrogen-bond donors (Lipinski definition) is 1. The number of halogens is 1. The first-order chi connectivity index (χ1) is 22.2. The smallest absolute Gasteiger partial charge is 1.00 e. The van der Waals surface area contributed by atoms with Crippen LogP contribution in [-0.4, -0.2) is 52.3 Å². The Morgan fingerprint density at radius 1 is 0.596 bits per heavy atom. The quantitative estimate of drug-likeness (QED) is 0.0983. The largest absolute Gasteiger partial charge is 2.00 e. The second kappa shape index (κ2) is 35.7. The number of Topliss-reactive ketones (excluding diaryl/α,β-unsaturated/α-hetero) is 1. The minimum absolute atomic E-state index is 0. The van der Waals surface area contributed by atoms with E-state index in [4.69, 9.17) is 4.74 Å². The summed E-state index contributed by atoms with van der Waals surface area (Å²) < 4.78 is 5.63. The molecular weight excluding hydrogens is 612 g/mol. The van der Waals surface area contributed by atoms with E-state index in [0.29, 0.717) is 23.9 Å². The van der Waals surface area contributed by atoms with E-state index in [1.165, 1.54) is 161 Å². The van der Waals surface area contributed by atoms with Gasteiger partial charge in [0.15, 0.2) is 5.78 Å². The SMILES string of the molecule is C/C=C1\CCCCCCCCCCC1=O.C1CCCCCC2OC2CCCC1.C=CC1CCCCCCCCCCC1O.[CH-]=C.[Cl-].[Mg+2]. The summed E-state index contributed by atoms with van der Waals surface area (Å²) in [7, 11) is 0. The summed E-state index contributed by atoms with van der Waals surface area (Å²) in [5.41, 5.74) is 1.08. The molecule has 4 rings (SSSR count). The second-order valence-electron chi connectivity index (χ2n) is 14.1. The normalized spacial score (nSPS) is 28.1. The van der Waals surface area contributed by atoms with Gasteiger partial charge in [-0.2, -0.15) is 0 Å². The van der Waals surface area contributed by atoms with E-state index in [9.17, 15) is 9.90 Å². The number of carbonyl (C=O) groups is 1. The monoisotopic (exact) mass is 687 g/mol. The molecule has 1 saturated heterocycles. The Kier molecular flexibility index (Phi) is 37.2. The first-order valence-electron chi connectivity index (χ1n) is 19.7. The van der Waals surface area contributed by atoms with Gasteiger partial charge in [0.05, 0.1) is 18.3 Å². The molecule has 3 aliphatic carbocycles. The molecule has 0 aromatic heterocycles. The molecule has 0 amide bonds. The Hall–Kier alpha value is -0.134. The van der Waals surface area contributed by atoms with Crippen LogP contribution in [0, 0.1) is 12.5 Å². The number of epoxide rings is 1. The van der Waals surface area contributed by atoms with Crippen molar-refractivity contribution in [2.45, 2.75) is 218 Å². The summed E-state index contributed by atoms with van der Waals surface area (Å²) in [5.74, 6) is 0.738. The van der Waals surface area contributed by atoms with E-state index in [1.807, 2.05) is 19.1 Å². The molecule has 3 nitrogen and oxygen atoms in total. The minimum atomic E-state index is -0.137. The maximum absolute atomic E-state index is 11.8. The predicted octanol–water partition coefficient (Wildman–Crippen LogP) is 9.38. The topological polar surface area (TPSA) is 49.8 Å². The van der Waals surface area contributed by atoms with Gasteiger partial charge in [-0.05, 0) is 57.4 Å². The van der Waals surface area contributed by atoms with Crippen molar-refractivity contribution in [1.29, 1.82) is 0 Å². The predicted molar refractivity (Wildman–Crippen MR) is 201 cm³/mol. The molecule has 0 spiro atoms. The van der Waals surface area contributed by atoms with Crippen molar-refractivity contribution in [2.24, 2.45) is 5.92 Å². The Bertz CT molecular complexity index is 725. The van der Waals surface area contributed by atoms with Crippen molar-refractivity contribution in [3.8, 4) is 0 Å². The van der Waals surface area contributed by atoms with E-state index >= 15 is 0 Å². The molecule has 270 valence electrons. The third-order valence-electron chi connectivity index (χ3n) is 10.3. The average Bonchev–Trinajstić information content (AvgIpc) is 3.80. The van der Waals surface area contributed by atoms with Crippen molar-refractivity contribution < 1.29 is 27.0 Å². The Morgan fingerprint density at radius 3 is 1.34 bits per heavy atom. The number of carbonyl (C=O) groups excluding carboxylic acids is 1. The number of hydrogen-bond acceptors (Lipinski definition) is 3. The molecule has 4 unspecified atom stereocenters. The van der Waals surface area contributed by atoms with Gasteiger partial charge in [-0.25, -0.2) is 0 Å². The summed E-state index contributed by atoms with van der Waals surface area (Å²) in [6, 6.07) is 0. The molecular formula is C42H75ClMgO3. The van der Waals surface area contributed by atoms with Crippen molar-refractivity contribution in [3.05, 3.63) is 37.5 Å². The molecule has 1 heterocycles. The standard InChI is InChI=1S/C14H26O.C14H24O.C12H22O.C2H3.ClH.Mg/c2*1-2-13-11-9-7-5-3-4-6-8-10-12-14(13)15;1-2-4-6-8-10-12-11(13-12)9-7-5-3-1;1-2;;/h2,13-15H,1,3-12H2;2H,3-12H2,1H3;11-12H,1-10H2;1H,2H2;1H;/q;;;-1;;+2/p-1/b;13-2+;;;;. The average molecular weight is 688 g/mol. The summed E-state index contributed by atoms with van der Waals surface area (Å²) in [6.07, 6.45) is 44.1. The van der Waals surface area contributed by atoms with E-state index < -0.39 is 0 Å². The summed E-state index contributed by atoms with van der Waals surface area (Å²) in [4.78, 5) is 11.8. The third-order valence-corrected chi connectivity index (χ3v) is 10.3. The molecule has 47 heavy (non-hydrogen) atoms. The zero-order valence-electron chi connectivity index (χ0n) is 31.0. The molecule has 0 bridgehead atoms. The number of aliphatic hydroxyl groups is 1. The molecule has 3 saturated carbocycles. The summed E-state index contributed by atoms with van der Waals surface area (Å²) >= 11 is 0. The van der Waals surface area contributed by atoms with Crippen LogP contribution >= 0.6 is 0 Å². The Labute approximate surface area is 315 Å². The number of rotatable bonds is 1.